The van der Waals surface area contributed by atoms with Crippen LogP contribution in [-0.2, 0) is 33.2 Å². The lowest BCUT2D eigenvalue weighted by Crippen LogP contribution is -2.65. The highest BCUT2D eigenvalue weighted by molar-refractivity contribution is 5.77. The molecule has 21 atom stereocenters. The molecule has 0 amide bonds. The number of fused-ring (bicyclic) bond motifs is 3. The van der Waals surface area contributed by atoms with Crippen molar-refractivity contribution in [2.75, 3.05) is 13.2 Å². The van der Waals surface area contributed by atoms with Crippen molar-refractivity contribution >= 4 is 5.97 Å². The maximum Gasteiger partial charge on any atom is 0.314 e. The minimum Gasteiger partial charge on any atom is -0.432 e. The molecule has 7 rings (SSSR count). The molecule has 0 aromatic heterocycles. The standard InChI is InChI=1S/C38H60O17/c1-16-12-37-10-6-20-35(3,8-5-9-36(20,4)34(49)54-32-29(48)26(45)23(42)18(13-39)51-32)21(37)7-11-38(16,15-37)55-33-30(27(46)24(43)19(14-40)52-33)53-31-28(47)25(44)22(41)17(2)50-31/h17-33,39-48H,1,5-15H2,2-4H3/t17?,18?,19?,20?,21-,22?,23?,24?,25?,26?,27?,28?,29?,30?,31?,32?,33?,35+,36+,37+,38-/m0/s1. The number of ether oxygens (including phenoxy) is 6. The number of aliphatic hydroxyl groups is 10. The summed E-state index contributed by atoms with van der Waals surface area (Å²) in [4.78, 5) is 14.1. The van der Waals surface area contributed by atoms with E-state index in [9.17, 15) is 55.9 Å². The van der Waals surface area contributed by atoms with E-state index in [0.29, 0.717) is 38.5 Å². The van der Waals surface area contributed by atoms with Crippen LogP contribution in [0, 0.1) is 28.1 Å². The number of aliphatic hydroxyl groups excluding tert-OH is 10. The second kappa shape index (κ2) is 15.0. The van der Waals surface area contributed by atoms with E-state index in [1.165, 1.54) is 6.92 Å². The lowest BCUT2D eigenvalue weighted by atomic mass is 9.41. The molecule has 2 bridgehead atoms. The van der Waals surface area contributed by atoms with Crippen LogP contribution in [0.4, 0.5) is 0 Å². The van der Waals surface area contributed by atoms with E-state index < -0.39 is 122 Å². The fourth-order valence-electron chi connectivity index (χ4n) is 12.0. The second-order valence-corrected chi connectivity index (χ2v) is 18.0. The molecular formula is C38H60O17. The van der Waals surface area contributed by atoms with Crippen LogP contribution in [0.5, 0.6) is 0 Å². The summed E-state index contributed by atoms with van der Waals surface area (Å²) in [5.74, 6) is -0.536. The van der Waals surface area contributed by atoms with E-state index in [-0.39, 0.29) is 22.7 Å². The Kier molecular flexibility index (Phi) is 11.4. The number of carbonyl (C=O) groups is 1. The van der Waals surface area contributed by atoms with Crippen molar-refractivity contribution in [1.29, 1.82) is 0 Å². The summed E-state index contributed by atoms with van der Waals surface area (Å²) in [6.07, 6.45) is -16.2. The molecule has 16 unspecified atom stereocenters. The minimum absolute atomic E-state index is 0.108. The number of esters is 1. The molecule has 4 aliphatic carbocycles. The second-order valence-electron chi connectivity index (χ2n) is 18.0. The summed E-state index contributed by atoms with van der Waals surface area (Å²) in [6.45, 7) is 8.81. The van der Waals surface area contributed by atoms with E-state index in [2.05, 4.69) is 13.5 Å². The van der Waals surface area contributed by atoms with Crippen LogP contribution in [0.3, 0.4) is 0 Å². The van der Waals surface area contributed by atoms with Crippen molar-refractivity contribution in [3.05, 3.63) is 12.2 Å². The first-order valence-electron chi connectivity index (χ1n) is 19.7. The fraction of sp³-hybridized carbons (Fsp3) is 0.921. The number of carbonyl (C=O) groups excluding carboxylic acids is 1. The molecular weight excluding hydrogens is 728 g/mol. The normalized spacial score (nSPS) is 55.4. The monoisotopic (exact) mass is 788 g/mol. The van der Waals surface area contributed by atoms with Gasteiger partial charge in [0.2, 0.25) is 6.29 Å². The van der Waals surface area contributed by atoms with Crippen molar-refractivity contribution in [2.45, 2.75) is 176 Å². The van der Waals surface area contributed by atoms with Gasteiger partial charge in [-0.15, -0.1) is 0 Å². The van der Waals surface area contributed by atoms with E-state index in [1.807, 2.05) is 6.92 Å². The van der Waals surface area contributed by atoms with Gasteiger partial charge in [-0.25, -0.2) is 0 Å². The summed E-state index contributed by atoms with van der Waals surface area (Å²) in [6, 6.07) is 0. The quantitative estimate of drug-likeness (QED) is 0.0730. The molecule has 0 aromatic rings. The molecule has 17 heteroatoms. The highest BCUT2D eigenvalue weighted by Gasteiger charge is 2.69. The predicted octanol–water partition coefficient (Wildman–Crippen LogP) is -1.91. The number of hydrogen-bond donors (Lipinski definition) is 10. The zero-order chi connectivity index (χ0) is 40.0. The molecule has 1 spiro atoms. The Morgan fingerprint density at radius 1 is 0.727 bits per heavy atom. The third kappa shape index (κ3) is 6.63. The highest BCUT2D eigenvalue weighted by atomic mass is 16.8. The lowest BCUT2D eigenvalue weighted by molar-refractivity contribution is -0.376. The van der Waals surface area contributed by atoms with Gasteiger partial charge in [-0.05, 0) is 93.5 Å². The SMILES string of the molecule is C=C1C[C@@]23CCC4[C@](C)(C(=O)OC5OC(CO)C(O)C(O)C5O)CCC[C@@]4(C)[C@@H]2CC[C@]1(OC1OC(CO)C(O)C(O)C1OC1OC(C)C(O)C(O)C1O)C3. The van der Waals surface area contributed by atoms with Gasteiger partial charge >= 0.3 is 5.97 Å². The van der Waals surface area contributed by atoms with Gasteiger partial charge in [-0.3, -0.25) is 4.79 Å². The first-order valence-corrected chi connectivity index (χ1v) is 19.7. The van der Waals surface area contributed by atoms with Crippen LogP contribution in [0.25, 0.3) is 0 Å². The molecule has 10 N–H and O–H groups in total. The largest absolute Gasteiger partial charge is 0.432 e. The Labute approximate surface area is 319 Å². The topological polar surface area (TPSA) is 275 Å². The average Bonchev–Trinajstić information content (AvgIpc) is 3.35. The first kappa shape index (κ1) is 41.8. The molecule has 17 nitrogen and oxygen atoms in total. The lowest BCUT2D eigenvalue weighted by Gasteiger charge is -2.64. The van der Waals surface area contributed by atoms with Crippen LogP contribution in [0.2, 0.25) is 0 Å². The van der Waals surface area contributed by atoms with Crippen LogP contribution >= 0.6 is 0 Å². The van der Waals surface area contributed by atoms with Gasteiger partial charge < -0.3 is 79.5 Å². The Hall–Kier alpha value is -1.39. The summed E-state index contributed by atoms with van der Waals surface area (Å²) in [5, 5.41) is 104. The van der Waals surface area contributed by atoms with Gasteiger partial charge in [-0.1, -0.05) is 19.9 Å². The Balaban J connectivity index is 1.10. The highest BCUT2D eigenvalue weighted by Crippen LogP contribution is 2.73. The zero-order valence-electron chi connectivity index (χ0n) is 31.6. The Morgan fingerprint density at radius 2 is 1.33 bits per heavy atom. The molecule has 0 radical (unpaired) electrons. The van der Waals surface area contributed by atoms with Gasteiger partial charge in [0.05, 0.1) is 30.3 Å². The number of rotatable bonds is 8. The molecule has 314 valence electrons. The Morgan fingerprint density at radius 3 is 2.00 bits per heavy atom. The maximum absolute atomic E-state index is 14.1. The van der Waals surface area contributed by atoms with Crippen LogP contribution < -0.4 is 0 Å². The predicted molar refractivity (Wildman–Crippen MR) is 185 cm³/mol. The molecule has 4 saturated carbocycles. The molecule has 3 saturated heterocycles. The van der Waals surface area contributed by atoms with Crippen molar-refractivity contribution < 1.29 is 84.3 Å². The molecule has 55 heavy (non-hydrogen) atoms. The van der Waals surface area contributed by atoms with Crippen molar-refractivity contribution in [2.24, 2.45) is 28.1 Å². The average molecular weight is 789 g/mol. The van der Waals surface area contributed by atoms with Crippen LogP contribution in [0.1, 0.15) is 78.6 Å². The molecule has 0 aromatic carbocycles. The zero-order valence-corrected chi connectivity index (χ0v) is 31.6. The smallest absolute Gasteiger partial charge is 0.314 e. The van der Waals surface area contributed by atoms with E-state index >= 15 is 0 Å². The molecule has 7 fully saturated rings. The van der Waals surface area contributed by atoms with E-state index in [4.69, 9.17) is 28.4 Å². The third-order valence-electron chi connectivity index (χ3n) is 14.9. The van der Waals surface area contributed by atoms with Gasteiger partial charge in [-0.2, -0.15) is 0 Å². The minimum atomic E-state index is -1.70. The molecule has 3 heterocycles. The van der Waals surface area contributed by atoms with Crippen LogP contribution in [0.15, 0.2) is 12.2 Å². The van der Waals surface area contributed by atoms with Crippen molar-refractivity contribution in [3.8, 4) is 0 Å². The van der Waals surface area contributed by atoms with Gasteiger partial charge in [0.25, 0.3) is 0 Å². The maximum atomic E-state index is 14.1. The summed E-state index contributed by atoms with van der Waals surface area (Å²) in [5.41, 5.74) is -1.66. The number of hydrogen-bond acceptors (Lipinski definition) is 17. The van der Waals surface area contributed by atoms with Crippen molar-refractivity contribution in [3.63, 3.8) is 0 Å². The van der Waals surface area contributed by atoms with E-state index in [0.717, 1.165) is 24.8 Å². The van der Waals surface area contributed by atoms with Gasteiger partial charge in [0, 0.05) is 0 Å². The fourth-order valence-corrected chi connectivity index (χ4v) is 12.0. The first-order chi connectivity index (χ1) is 25.9. The summed E-state index contributed by atoms with van der Waals surface area (Å²) in [7, 11) is 0. The summed E-state index contributed by atoms with van der Waals surface area (Å²) >= 11 is 0. The molecule has 7 aliphatic rings. The van der Waals surface area contributed by atoms with Gasteiger partial charge in [0.15, 0.2) is 12.6 Å². The third-order valence-corrected chi connectivity index (χ3v) is 14.9. The van der Waals surface area contributed by atoms with Gasteiger partial charge in [0.1, 0.15) is 67.1 Å². The summed E-state index contributed by atoms with van der Waals surface area (Å²) < 4.78 is 35.8. The molecule has 3 aliphatic heterocycles. The Bertz CT molecular complexity index is 1430. The van der Waals surface area contributed by atoms with Crippen LogP contribution in [-0.4, -0.2) is 168 Å². The van der Waals surface area contributed by atoms with E-state index in [1.54, 1.807) is 0 Å². The van der Waals surface area contributed by atoms with Crippen molar-refractivity contribution in [1.82, 2.24) is 0 Å².